The number of methoxy groups -OCH3 is 1. The van der Waals surface area contributed by atoms with Gasteiger partial charge in [0.1, 0.15) is 5.56 Å². The molecular formula is C18H20N4O5. The van der Waals surface area contributed by atoms with Gasteiger partial charge < -0.3 is 14.6 Å². The minimum atomic E-state index is -0.663. The number of nitrogens with one attached hydrogen (secondary N) is 1. The van der Waals surface area contributed by atoms with Crippen LogP contribution < -0.4 is 11.2 Å². The summed E-state index contributed by atoms with van der Waals surface area (Å²) in [7, 11) is 1.34. The molecule has 1 saturated heterocycles. The lowest BCUT2D eigenvalue weighted by molar-refractivity contribution is -0.146. The number of carbonyl (C=O) groups excluding carboxylic acids is 2. The first-order valence-electron chi connectivity index (χ1n) is 8.60. The monoisotopic (exact) mass is 372 g/mol. The van der Waals surface area contributed by atoms with Crippen LogP contribution in [0.25, 0.3) is 0 Å². The molecule has 1 aliphatic heterocycles. The quantitative estimate of drug-likeness (QED) is 0.756. The molecule has 9 nitrogen and oxygen atoms in total. The summed E-state index contributed by atoms with van der Waals surface area (Å²) >= 11 is 0. The summed E-state index contributed by atoms with van der Waals surface area (Å²) in [5.74, 6) is -0.992. The highest BCUT2D eigenvalue weighted by atomic mass is 16.5. The molecule has 0 aromatic carbocycles. The molecule has 0 spiro atoms. The number of hydrogen-bond acceptors (Lipinski definition) is 6. The number of aromatic amines is 1. The lowest BCUT2D eigenvalue weighted by Gasteiger charge is -2.30. The van der Waals surface area contributed by atoms with E-state index in [-0.39, 0.29) is 24.0 Å². The van der Waals surface area contributed by atoms with Gasteiger partial charge in [-0.3, -0.25) is 23.9 Å². The first-order valence-corrected chi connectivity index (χ1v) is 8.60. The van der Waals surface area contributed by atoms with E-state index in [1.807, 2.05) is 0 Å². The maximum atomic E-state index is 12.7. The molecule has 2 aromatic heterocycles. The van der Waals surface area contributed by atoms with Crippen LogP contribution in [0.2, 0.25) is 0 Å². The molecule has 0 unspecified atom stereocenters. The predicted molar refractivity (Wildman–Crippen MR) is 95.3 cm³/mol. The molecule has 2 aromatic rings. The van der Waals surface area contributed by atoms with Crippen molar-refractivity contribution in [3.8, 4) is 0 Å². The van der Waals surface area contributed by atoms with Crippen molar-refractivity contribution in [3.05, 3.63) is 62.7 Å². The van der Waals surface area contributed by atoms with E-state index in [9.17, 15) is 19.2 Å². The van der Waals surface area contributed by atoms with Crippen molar-refractivity contribution in [3.63, 3.8) is 0 Å². The number of ether oxygens (including phenoxy) is 1. The number of likely N-dealkylation sites (tertiary alicyclic amines) is 1. The Balaban J connectivity index is 1.80. The van der Waals surface area contributed by atoms with Crippen LogP contribution >= 0.6 is 0 Å². The van der Waals surface area contributed by atoms with Gasteiger partial charge in [-0.05, 0) is 25.0 Å². The minimum absolute atomic E-state index is 0.0272. The second-order valence-electron chi connectivity index (χ2n) is 6.31. The summed E-state index contributed by atoms with van der Waals surface area (Å²) in [5, 5.41) is 0. The van der Waals surface area contributed by atoms with Crippen LogP contribution in [0.15, 0.2) is 40.2 Å². The van der Waals surface area contributed by atoms with Crippen LogP contribution in [0.1, 0.15) is 28.9 Å². The number of rotatable bonds is 4. The first kappa shape index (κ1) is 18.6. The van der Waals surface area contributed by atoms with Gasteiger partial charge in [-0.15, -0.1) is 0 Å². The van der Waals surface area contributed by atoms with E-state index in [1.165, 1.54) is 12.0 Å². The number of H-pyrrole nitrogens is 1. The van der Waals surface area contributed by atoms with E-state index in [0.717, 1.165) is 10.8 Å². The third-order valence-electron chi connectivity index (χ3n) is 4.65. The van der Waals surface area contributed by atoms with Gasteiger partial charge in [-0.1, -0.05) is 6.07 Å². The molecule has 27 heavy (non-hydrogen) atoms. The number of pyridine rings is 1. The van der Waals surface area contributed by atoms with Gasteiger partial charge in [0.2, 0.25) is 0 Å². The summed E-state index contributed by atoms with van der Waals surface area (Å²) < 4.78 is 5.69. The molecule has 1 fully saturated rings. The lowest BCUT2D eigenvalue weighted by atomic mass is 9.96. The normalized spacial score (nSPS) is 14.8. The SMILES string of the molecule is COC(=O)C1CCN(C(=O)c2c[nH]c(=O)n(Cc3ccccn3)c2=O)CC1. The fraction of sp³-hybridized carbons (Fsp3) is 0.389. The molecule has 3 heterocycles. The summed E-state index contributed by atoms with van der Waals surface area (Å²) in [4.78, 5) is 57.1. The Morgan fingerprint density at radius 1 is 1.26 bits per heavy atom. The van der Waals surface area contributed by atoms with E-state index in [0.29, 0.717) is 31.6 Å². The van der Waals surface area contributed by atoms with Crippen LogP contribution in [0.3, 0.4) is 0 Å². The fourth-order valence-electron chi connectivity index (χ4n) is 3.12. The Bertz CT molecular complexity index is 942. The van der Waals surface area contributed by atoms with Gasteiger partial charge in [0.25, 0.3) is 11.5 Å². The van der Waals surface area contributed by atoms with Crippen molar-refractivity contribution in [2.45, 2.75) is 19.4 Å². The third-order valence-corrected chi connectivity index (χ3v) is 4.65. The van der Waals surface area contributed by atoms with Crippen molar-refractivity contribution >= 4 is 11.9 Å². The molecule has 0 aliphatic carbocycles. The molecule has 0 bridgehead atoms. The largest absolute Gasteiger partial charge is 0.469 e. The number of nitrogens with zero attached hydrogens (tertiary/aromatic N) is 3. The van der Waals surface area contributed by atoms with Gasteiger partial charge >= 0.3 is 11.7 Å². The van der Waals surface area contributed by atoms with E-state index in [4.69, 9.17) is 4.74 Å². The number of piperidine rings is 1. The smallest absolute Gasteiger partial charge is 0.328 e. The third kappa shape index (κ3) is 3.97. The maximum absolute atomic E-state index is 12.7. The van der Waals surface area contributed by atoms with Gasteiger partial charge in [-0.2, -0.15) is 0 Å². The first-order chi connectivity index (χ1) is 13.0. The molecule has 1 aliphatic rings. The Kier molecular flexibility index (Phi) is 5.49. The number of carbonyl (C=O) groups is 2. The average molecular weight is 372 g/mol. The van der Waals surface area contributed by atoms with Gasteiger partial charge in [0.15, 0.2) is 0 Å². The highest BCUT2D eigenvalue weighted by molar-refractivity contribution is 5.93. The highest BCUT2D eigenvalue weighted by Gasteiger charge is 2.29. The second kappa shape index (κ2) is 7.98. The van der Waals surface area contributed by atoms with Gasteiger partial charge in [0.05, 0.1) is 25.3 Å². The van der Waals surface area contributed by atoms with E-state index >= 15 is 0 Å². The van der Waals surface area contributed by atoms with Crippen molar-refractivity contribution in [2.75, 3.05) is 20.2 Å². The molecular weight excluding hydrogens is 352 g/mol. The van der Waals surface area contributed by atoms with Gasteiger partial charge in [0, 0.05) is 25.5 Å². The Morgan fingerprint density at radius 3 is 2.63 bits per heavy atom. The number of hydrogen-bond donors (Lipinski definition) is 1. The molecule has 142 valence electrons. The summed E-state index contributed by atoms with van der Waals surface area (Å²) in [6.45, 7) is 0.662. The standard InChI is InChI=1S/C18H20N4O5/c1-27-17(25)12-5-8-21(9-6-12)15(23)14-10-20-18(26)22(16(14)24)11-13-4-2-3-7-19-13/h2-4,7,10,12H,5-6,8-9,11H2,1H3,(H,20,26). The number of esters is 1. The van der Waals surface area contributed by atoms with Crippen molar-refractivity contribution in [1.29, 1.82) is 0 Å². The second-order valence-corrected chi connectivity index (χ2v) is 6.31. The van der Waals surface area contributed by atoms with Gasteiger partial charge in [-0.25, -0.2) is 4.79 Å². The van der Waals surface area contributed by atoms with Crippen LogP contribution in [-0.2, 0) is 16.1 Å². The van der Waals surface area contributed by atoms with Crippen molar-refractivity contribution < 1.29 is 14.3 Å². The molecule has 1 amide bonds. The average Bonchev–Trinajstić information content (AvgIpc) is 2.71. The highest BCUT2D eigenvalue weighted by Crippen LogP contribution is 2.19. The molecule has 1 N–H and O–H groups in total. The lowest BCUT2D eigenvalue weighted by Crippen LogP contribution is -2.45. The summed E-state index contributed by atoms with van der Waals surface area (Å²) in [6, 6.07) is 5.17. The maximum Gasteiger partial charge on any atom is 0.328 e. The number of amides is 1. The molecule has 0 radical (unpaired) electrons. The Labute approximate surface area is 154 Å². The van der Waals surface area contributed by atoms with Crippen molar-refractivity contribution in [1.82, 2.24) is 19.4 Å². The van der Waals surface area contributed by atoms with E-state index < -0.39 is 17.2 Å². The zero-order valence-corrected chi connectivity index (χ0v) is 14.9. The number of aromatic nitrogens is 3. The molecule has 9 heteroatoms. The van der Waals surface area contributed by atoms with E-state index in [1.54, 1.807) is 24.4 Å². The zero-order chi connectivity index (χ0) is 19.4. The van der Waals surface area contributed by atoms with Crippen LogP contribution in [-0.4, -0.2) is 51.5 Å². The fourth-order valence-corrected chi connectivity index (χ4v) is 3.12. The zero-order valence-electron chi connectivity index (χ0n) is 14.9. The van der Waals surface area contributed by atoms with Crippen molar-refractivity contribution in [2.24, 2.45) is 5.92 Å². The predicted octanol–water partition coefficient (Wildman–Crippen LogP) is 0.00510. The minimum Gasteiger partial charge on any atom is -0.469 e. The topological polar surface area (TPSA) is 114 Å². The van der Waals surface area contributed by atoms with E-state index in [2.05, 4.69) is 9.97 Å². The van der Waals surface area contributed by atoms with Crippen LogP contribution in [0.4, 0.5) is 0 Å². The summed E-state index contributed by atoms with van der Waals surface area (Å²) in [6.07, 6.45) is 3.66. The summed E-state index contributed by atoms with van der Waals surface area (Å²) in [5.41, 5.74) is -0.841. The Hall–Kier alpha value is -3.23. The molecule has 3 rings (SSSR count). The molecule has 0 saturated carbocycles. The van der Waals surface area contributed by atoms with Crippen LogP contribution in [0.5, 0.6) is 0 Å². The Morgan fingerprint density at radius 2 is 2.00 bits per heavy atom. The van der Waals surface area contributed by atoms with Crippen LogP contribution in [0, 0.1) is 5.92 Å². The molecule has 0 atom stereocenters.